The minimum atomic E-state index is -0.814. The number of hydrogen-bond acceptors (Lipinski definition) is 8. The van der Waals surface area contributed by atoms with Gasteiger partial charge in [-0.25, -0.2) is 9.02 Å². The fourth-order valence-electron chi connectivity index (χ4n) is 2.64. The molecule has 0 saturated carbocycles. The van der Waals surface area contributed by atoms with Crippen molar-refractivity contribution in [2.75, 3.05) is 17.7 Å². The number of ether oxygens (including phenoxy) is 1. The van der Waals surface area contributed by atoms with Crippen LogP contribution < -0.4 is 15.4 Å². The molecule has 0 spiro atoms. The Morgan fingerprint density at radius 3 is 2.93 bits per heavy atom. The number of methoxy groups -OCH3 is 1. The van der Waals surface area contributed by atoms with Gasteiger partial charge in [0.05, 0.1) is 24.2 Å². The minimum absolute atomic E-state index is 0.0569. The van der Waals surface area contributed by atoms with Crippen LogP contribution in [0.4, 0.5) is 15.9 Å². The number of hydrogen-bond donors (Lipinski definition) is 3. The summed E-state index contributed by atoms with van der Waals surface area (Å²) in [5, 5.41) is 25.2. The van der Waals surface area contributed by atoms with Crippen LogP contribution in [-0.2, 0) is 11.2 Å². The van der Waals surface area contributed by atoms with E-state index < -0.39 is 11.9 Å². The molecule has 3 N–H and O–H groups in total. The van der Waals surface area contributed by atoms with Crippen LogP contribution in [0.15, 0.2) is 56.7 Å². The number of carbonyl (C=O) groups excluding carboxylic acids is 1. The number of oxime groups is 1. The monoisotopic (exact) mass is 477 g/mol. The molecule has 0 aliphatic heterocycles. The molecule has 1 aromatic heterocycles. The first-order valence-electron chi connectivity index (χ1n) is 8.64. The third kappa shape index (κ3) is 5.32. The highest BCUT2D eigenvalue weighted by molar-refractivity contribution is 9.10. The van der Waals surface area contributed by atoms with Crippen LogP contribution in [0.2, 0.25) is 0 Å². The van der Waals surface area contributed by atoms with Crippen LogP contribution in [0.1, 0.15) is 17.3 Å². The molecule has 2 aromatic carbocycles. The Kier molecular flexibility index (Phi) is 6.96. The second-order valence-electron chi connectivity index (χ2n) is 6.09. The van der Waals surface area contributed by atoms with Gasteiger partial charge < -0.3 is 20.6 Å². The zero-order chi connectivity index (χ0) is 21.5. The summed E-state index contributed by atoms with van der Waals surface area (Å²) in [7, 11) is 1.54. The minimum Gasteiger partial charge on any atom is -0.497 e. The number of nitrogens with zero attached hydrogens (tertiary/aromatic N) is 3. The maximum Gasteiger partial charge on any atom is 0.230 e. The number of anilines is 2. The molecule has 1 amide bonds. The Hall–Kier alpha value is -3.47. The molecule has 0 bridgehead atoms. The summed E-state index contributed by atoms with van der Waals surface area (Å²) in [6, 6.07) is 10.5. The summed E-state index contributed by atoms with van der Waals surface area (Å²) in [5.41, 5.74) is 1.42. The van der Waals surface area contributed by atoms with Crippen molar-refractivity contribution in [3.05, 3.63) is 64.0 Å². The largest absolute Gasteiger partial charge is 0.497 e. The molecule has 3 aromatic rings. The molecule has 0 radical (unpaired) electrons. The van der Waals surface area contributed by atoms with Gasteiger partial charge in [0.15, 0.2) is 5.69 Å². The van der Waals surface area contributed by atoms with Gasteiger partial charge >= 0.3 is 0 Å². The molecule has 11 heteroatoms. The van der Waals surface area contributed by atoms with Crippen molar-refractivity contribution in [2.24, 2.45) is 5.16 Å². The van der Waals surface area contributed by atoms with Gasteiger partial charge in [-0.05, 0) is 62.1 Å². The van der Waals surface area contributed by atoms with Gasteiger partial charge in [-0.3, -0.25) is 4.79 Å². The lowest BCUT2D eigenvalue weighted by Gasteiger charge is -2.14. The van der Waals surface area contributed by atoms with Gasteiger partial charge in [0.25, 0.3) is 0 Å². The van der Waals surface area contributed by atoms with Crippen LogP contribution in [0, 0.1) is 5.82 Å². The molecule has 0 fully saturated rings. The molecule has 0 aliphatic carbocycles. The van der Waals surface area contributed by atoms with Crippen molar-refractivity contribution in [3.8, 4) is 5.75 Å². The first kappa shape index (κ1) is 21.2. The van der Waals surface area contributed by atoms with E-state index in [0.717, 1.165) is 11.8 Å². The molecule has 0 saturated heterocycles. The lowest BCUT2D eigenvalue weighted by molar-refractivity contribution is -0.115. The van der Waals surface area contributed by atoms with Crippen LogP contribution in [-0.4, -0.2) is 34.8 Å². The molecule has 9 nitrogen and oxygen atoms in total. The highest BCUT2D eigenvalue weighted by Gasteiger charge is 2.22. The molecular formula is C19H17BrFN5O4. The van der Waals surface area contributed by atoms with E-state index in [1.807, 2.05) is 0 Å². The van der Waals surface area contributed by atoms with Crippen molar-refractivity contribution in [1.29, 1.82) is 0 Å². The van der Waals surface area contributed by atoms with Crippen molar-refractivity contribution in [2.45, 2.75) is 12.5 Å². The van der Waals surface area contributed by atoms with E-state index in [1.54, 1.807) is 31.4 Å². The van der Waals surface area contributed by atoms with Crippen molar-refractivity contribution in [3.63, 3.8) is 0 Å². The maximum absolute atomic E-state index is 13.5. The van der Waals surface area contributed by atoms with Crippen molar-refractivity contribution < 1.29 is 23.8 Å². The molecule has 0 aliphatic rings. The van der Waals surface area contributed by atoms with Crippen molar-refractivity contribution in [1.82, 2.24) is 10.3 Å². The number of halogens is 2. The second kappa shape index (κ2) is 9.83. The standard InChI is InChI=1S/C19H17BrFN5O4/c1-29-13-4-2-3-11(7-13)8-17(27)24-19-18(25-30-26-19)16(10-22-28)23-12-5-6-15(21)14(20)9-12/h2-7,9-10,16,23,28H,8H2,1H3,(H,24,26,27)/b22-10-. The highest BCUT2D eigenvalue weighted by atomic mass is 79.9. The predicted octanol–water partition coefficient (Wildman–Crippen LogP) is 3.77. The van der Waals surface area contributed by atoms with E-state index in [4.69, 9.17) is 14.6 Å². The maximum atomic E-state index is 13.5. The van der Waals surface area contributed by atoms with E-state index >= 15 is 0 Å². The summed E-state index contributed by atoms with van der Waals surface area (Å²) in [6.45, 7) is 0. The summed E-state index contributed by atoms with van der Waals surface area (Å²) < 4.78 is 23.6. The molecule has 30 heavy (non-hydrogen) atoms. The Morgan fingerprint density at radius 1 is 1.37 bits per heavy atom. The van der Waals surface area contributed by atoms with E-state index in [0.29, 0.717) is 11.4 Å². The van der Waals surface area contributed by atoms with Crippen LogP contribution >= 0.6 is 15.9 Å². The average Bonchev–Trinajstić information content (AvgIpc) is 3.18. The molecule has 1 heterocycles. The summed E-state index contributed by atoms with van der Waals surface area (Å²) in [5.74, 6) is -0.0922. The Labute approximate surface area is 179 Å². The fourth-order valence-corrected chi connectivity index (χ4v) is 3.02. The number of nitrogens with one attached hydrogen (secondary N) is 2. The Morgan fingerprint density at radius 2 is 2.20 bits per heavy atom. The third-order valence-corrected chi connectivity index (χ3v) is 4.63. The molecule has 1 unspecified atom stereocenters. The lowest BCUT2D eigenvalue weighted by atomic mass is 10.1. The lowest BCUT2D eigenvalue weighted by Crippen LogP contribution is -2.19. The Bertz CT molecular complexity index is 1060. The fraction of sp³-hybridized carbons (Fsp3) is 0.158. The highest BCUT2D eigenvalue weighted by Crippen LogP contribution is 2.26. The number of amides is 1. The van der Waals surface area contributed by atoms with E-state index in [9.17, 15) is 9.18 Å². The van der Waals surface area contributed by atoms with Crippen LogP contribution in [0.5, 0.6) is 5.75 Å². The van der Waals surface area contributed by atoms with E-state index in [2.05, 4.69) is 42.0 Å². The third-order valence-electron chi connectivity index (χ3n) is 4.02. The number of benzene rings is 2. The Balaban J connectivity index is 1.75. The SMILES string of the molecule is COc1cccc(CC(=O)Nc2nonc2C(/C=N\O)Nc2ccc(F)c(Br)c2)c1. The first-order chi connectivity index (χ1) is 14.5. The van der Waals surface area contributed by atoms with Crippen molar-refractivity contribution >= 4 is 39.6 Å². The molecule has 3 rings (SSSR count). The van der Waals surface area contributed by atoms with E-state index in [1.165, 1.54) is 18.2 Å². The smallest absolute Gasteiger partial charge is 0.230 e. The van der Waals surface area contributed by atoms with E-state index in [-0.39, 0.29) is 28.3 Å². The average molecular weight is 478 g/mol. The normalized spacial score (nSPS) is 12.0. The first-order valence-corrected chi connectivity index (χ1v) is 9.44. The summed E-state index contributed by atoms with van der Waals surface area (Å²) in [4.78, 5) is 12.4. The quantitative estimate of drug-likeness (QED) is 0.256. The number of aromatic nitrogens is 2. The van der Waals surface area contributed by atoms with Gasteiger partial charge in [0.1, 0.15) is 17.6 Å². The van der Waals surface area contributed by atoms with Gasteiger partial charge in [-0.2, -0.15) is 0 Å². The topological polar surface area (TPSA) is 122 Å². The summed E-state index contributed by atoms with van der Waals surface area (Å²) >= 11 is 3.10. The number of rotatable bonds is 8. The van der Waals surface area contributed by atoms with Gasteiger partial charge in [-0.1, -0.05) is 17.3 Å². The molecule has 1 atom stereocenters. The van der Waals surface area contributed by atoms with Crippen LogP contribution in [0.3, 0.4) is 0 Å². The molecular weight excluding hydrogens is 461 g/mol. The number of carbonyl (C=O) groups is 1. The van der Waals surface area contributed by atoms with Crippen LogP contribution in [0.25, 0.3) is 0 Å². The summed E-state index contributed by atoms with van der Waals surface area (Å²) in [6.07, 6.45) is 1.20. The zero-order valence-electron chi connectivity index (χ0n) is 15.7. The van der Waals surface area contributed by atoms with Gasteiger partial charge in [0, 0.05) is 5.69 Å². The predicted molar refractivity (Wildman–Crippen MR) is 110 cm³/mol. The van der Waals surface area contributed by atoms with Gasteiger partial charge in [-0.15, -0.1) is 0 Å². The molecule has 156 valence electrons. The van der Waals surface area contributed by atoms with Gasteiger partial charge in [0.2, 0.25) is 11.7 Å². The zero-order valence-corrected chi connectivity index (χ0v) is 17.3. The second-order valence-corrected chi connectivity index (χ2v) is 6.94.